The summed E-state index contributed by atoms with van der Waals surface area (Å²) in [4.78, 5) is 21.1. The molecule has 0 spiro atoms. The van der Waals surface area contributed by atoms with E-state index in [0.717, 1.165) is 6.07 Å². The number of carbonyl (C=O) groups is 1. The van der Waals surface area contributed by atoms with Crippen molar-refractivity contribution in [2.75, 3.05) is 5.32 Å². The maximum Gasteiger partial charge on any atom is 0.433 e. The van der Waals surface area contributed by atoms with Gasteiger partial charge in [0.15, 0.2) is 5.69 Å². The van der Waals surface area contributed by atoms with Crippen LogP contribution in [0.3, 0.4) is 0 Å². The first-order chi connectivity index (χ1) is 13.7. The van der Waals surface area contributed by atoms with Crippen molar-refractivity contribution in [2.45, 2.75) is 13.1 Å². The topological polar surface area (TPSA) is 72.2 Å². The van der Waals surface area contributed by atoms with Gasteiger partial charge in [0.05, 0.1) is 10.6 Å². The van der Waals surface area contributed by atoms with E-state index in [1.807, 2.05) is 0 Å². The molecule has 0 saturated carbocycles. The molecule has 29 heavy (non-hydrogen) atoms. The summed E-state index contributed by atoms with van der Waals surface area (Å²) in [5.41, 5.74) is 0.0475. The van der Waals surface area contributed by atoms with Gasteiger partial charge < -0.3 is 5.32 Å². The van der Waals surface area contributed by atoms with Crippen LogP contribution in [0, 0.1) is 6.92 Å². The van der Waals surface area contributed by atoms with Gasteiger partial charge in [0, 0.05) is 10.7 Å². The average molecular weight is 438 g/mol. The molecule has 3 aromatic heterocycles. The number of anilines is 1. The first kappa shape index (κ1) is 19.3. The molecule has 0 radical (unpaired) electrons. The lowest BCUT2D eigenvalue weighted by molar-refractivity contribution is -0.142. The number of alkyl halides is 3. The standard InChI is InChI=1S/C18H11ClF3N5OS/c1-9-10(19)4-2-5-11(9)23-16(28)15-25-17-24-12(13-6-3-7-29-13)8-14(18(20,21)22)27(17)26-15/h2-8H,1H3,(H,23,28). The van der Waals surface area contributed by atoms with Crippen LogP contribution in [0.25, 0.3) is 16.3 Å². The summed E-state index contributed by atoms with van der Waals surface area (Å²) in [5, 5.41) is 8.46. The summed E-state index contributed by atoms with van der Waals surface area (Å²) in [6, 6.07) is 9.14. The Labute approximate surface area is 171 Å². The number of nitrogens with zero attached hydrogens (tertiary/aromatic N) is 4. The predicted molar refractivity (Wildman–Crippen MR) is 103 cm³/mol. The van der Waals surface area contributed by atoms with Gasteiger partial charge >= 0.3 is 6.18 Å². The zero-order valence-corrected chi connectivity index (χ0v) is 16.2. The summed E-state index contributed by atoms with van der Waals surface area (Å²) >= 11 is 7.27. The molecule has 6 nitrogen and oxygen atoms in total. The van der Waals surface area contributed by atoms with Crippen LogP contribution in [0.1, 0.15) is 21.9 Å². The van der Waals surface area contributed by atoms with Crippen LogP contribution >= 0.6 is 22.9 Å². The Hall–Kier alpha value is -2.98. The number of hydrogen-bond donors (Lipinski definition) is 1. The van der Waals surface area contributed by atoms with Gasteiger partial charge in [0.1, 0.15) is 0 Å². The molecule has 1 N–H and O–H groups in total. The third kappa shape index (κ3) is 3.68. The molecule has 11 heteroatoms. The maximum atomic E-state index is 13.6. The van der Waals surface area contributed by atoms with E-state index in [2.05, 4.69) is 20.4 Å². The van der Waals surface area contributed by atoms with E-state index in [1.165, 1.54) is 11.3 Å². The van der Waals surface area contributed by atoms with E-state index >= 15 is 0 Å². The highest BCUT2D eigenvalue weighted by Gasteiger charge is 2.36. The predicted octanol–water partition coefficient (Wildman–Crippen LogP) is 5.09. The Morgan fingerprint density at radius 2 is 2.00 bits per heavy atom. The lowest BCUT2D eigenvalue weighted by Crippen LogP contribution is -2.16. The summed E-state index contributed by atoms with van der Waals surface area (Å²) in [6.07, 6.45) is -4.71. The van der Waals surface area contributed by atoms with Gasteiger partial charge in [-0.05, 0) is 42.1 Å². The van der Waals surface area contributed by atoms with Crippen molar-refractivity contribution in [3.05, 3.63) is 63.9 Å². The molecule has 0 unspecified atom stereocenters. The second-order valence-electron chi connectivity index (χ2n) is 6.02. The molecular weight excluding hydrogens is 427 g/mol. The molecule has 148 valence electrons. The summed E-state index contributed by atoms with van der Waals surface area (Å²) in [5.74, 6) is -1.53. The number of benzene rings is 1. The Kier molecular flexibility index (Phi) is 4.75. The van der Waals surface area contributed by atoms with E-state index in [0.29, 0.717) is 25.7 Å². The van der Waals surface area contributed by atoms with Crippen molar-refractivity contribution < 1.29 is 18.0 Å². The smallest absolute Gasteiger partial charge is 0.319 e. The van der Waals surface area contributed by atoms with Crippen molar-refractivity contribution in [2.24, 2.45) is 0 Å². The number of hydrogen-bond acceptors (Lipinski definition) is 5. The fourth-order valence-electron chi connectivity index (χ4n) is 2.64. The summed E-state index contributed by atoms with van der Waals surface area (Å²) in [6.45, 7) is 1.70. The number of amides is 1. The van der Waals surface area contributed by atoms with E-state index in [-0.39, 0.29) is 11.5 Å². The molecule has 0 aliphatic rings. The second-order valence-corrected chi connectivity index (χ2v) is 7.37. The van der Waals surface area contributed by atoms with Gasteiger partial charge in [-0.2, -0.15) is 22.7 Å². The zero-order chi connectivity index (χ0) is 20.8. The monoisotopic (exact) mass is 437 g/mol. The maximum absolute atomic E-state index is 13.6. The Morgan fingerprint density at radius 3 is 2.69 bits per heavy atom. The summed E-state index contributed by atoms with van der Waals surface area (Å²) in [7, 11) is 0. The van der Waals surface area contributed by atoms with Crippen LogP contribution in [0.4, 0.5) is 18.9 Å². The Morgan fingerprint density at radius 1 is 1.21 bits per heavy atom. The SMILES string of the molecule is Cc1c(Cl)cccc1NC(=O)c1nc2nc(-c3cccs3)cc(C(F)(F)F)n2n1. The van der Waals surface area contributed by atoms with Gasteiger partial charge in [-0.1, -0.05) is 23.7 Å². The molecule has 0 aliphatic carbocycles. The average Bonchev–Trinajstić information content (AvgIpc) is 3.33. The van der Waals surface area contributed by atoms with E-state index < -0.39 is 23.6 Å². The fraction of sp³-hybridized carbons (Fsp3) is 0.111. The number of rotatable bonds is 3. The number of fused-ring (bicyclic) bond motifs is 1. The minimum absolute atomic E-state index is 0.102. The number of aromatic nitrogens is 4. The molecule has 0 atom stereocenters. The normalized spacial score (nSPS) is 11.8. The molecule has 1 amide bonds. The number of nitrogens with one attached hydrogen (secondary N) is 1. The quantitative estimate of drug-likeness (QED) is 0.485. The van der Waals surface area contributed by atoms with Gasteiger partial charge in [-0.25, -0.2) is 4.98 Å². The number of carbonyl (C=O) groups excluding carboxylic acids is 1. The van der Waals surface area contributed by atoms with Gasteiger partial charge in [0.2, 0.25) is 5.82 Å². The lowest BCUT2D eigenvalue weighted by atomic mass is 10.2. The third-order valence-electron chi connectivity index (χ3n) is 4.10. The van der Waals surface area contributed by atoms with Gasteiger partial charge in [-0.15, -0.1) is 16.4 Å². The van der Waals surface area contributed by atoms with Crippen LogP contribution in [0.2, 0.25) is 5.02 Å². The minimum atomic E-state index is -4.71. The minimum Gasteiger partial charge on any atom is -0.319 e. The van der Waals surface area contributed by atoms with Crippen LogP contribution in [0.5, 0.6) is 0 Å². The van der Waals surface area contributed by atoms with Crippen molar-refractivity contribution in [3.8, 4) is 10.6 Å². The molecule has 4 aromatic rings. The van der Waals surface area contributed by atoms with Crippen molar-refractivity contribution in [1.29, 1.82) is 0 Å². The number of halogens is 4. The fourth-order valence-corrected chi connectivity index (χ4v) is 3.50. The van der Waals surface area contributed by atoms with Crippen LogP contribution < -0.4 is 5.32 Å². The molecule has 1 aromatic carbocycles. The van der Waals surface area contributed by atoms with Gasteiger partial charge in [-0.3, -0.25) is 4.79 Å². The highest BCUT2D eigenvalue weighted by molar-refractivity contribution is 7.13. The van der Waals surface area contributed by atoms with Gasteiger partial charge in [0.25, 0.3) is 11.7 Å². The molecule has 0 saturated heterocycles. The lowest BCUT2D eigenvalue weighted by Gasteiger charge is -2.09. The molecule has 0 fully saturated rings. The molecule has 0 bridgehead atoms. The second kappa shape index (κ2) is 7.12. The molecule has 3 heterocycles. The third-order valence-corrected chi connectivity index (χ3v) is 5.40. The molecular formula is C18H11ClF3N5OS. The largest absolute Gasteiger partial charge is 0.433 e. The van der Waals surface area contributed by atoms with E-state index in [9.17, 15) is 18.0 Å². The molecule has 4 rings (SSSR count). The van der Waals surface area contributed by atoms with Crippen molar-refractivity contribution in [1.82, 2.24) is 19.6 Å². The summed E-state index contributed by atoms with van der Waals surface area (Å²) < 4.78 is 41.2. The van der Waals surface area contributed by atoms with Crippen LogP contribution in [-0.4, -0.2) is 25.5 Å². The van der Waals surface area contributed by atoms with E-state index in [1.54, 1.807) is 42.6 Å². The molecule has 0 aliphatic heterocycles. The van der Waals surface area contributed by atoms with Crippen LogP contribution in [0.15, 0.2) is 41.8 Å². The Bertz CT molecular complexity index is 1220. The zero-order valence-electron chi connectivity index (χ0n) is 14.7. The first-order valence-electron chi connectivity index (χ1n) is 8.19. The Balaban J connectivity index is 1.78. The van der Waals surface area contributed by atoms with Crippen molar-refractivity contribution >= 4 is 40.3 Å². The number of thiophene rings is 1. The highest BCUT2D eigenvalue weighted by Crippen LogP contribution is 2.33. The van der Waals surface area contributed by atoms with E-state index in [4.69, 9.17) is 11.6 Å². The van der Waals surface area contributed by atoms with Crippen LogP contribution in [-0.2, 0) is 6.18 Å². The van der Waals surface area contributed by atoms with Crippen molar-refractivity contribution in [3.63, 3.8) is 0 Å². The highest BCUT2D eigenvalue weighted by atomic mass is 35.5. The first-order valence-corrected chi connectivity index (χ1v) is 9.45.